The number of primary amides is 1. The van der Waals surface area contributed by atoms with Gasteiger partial charge in [0.2, 0.25) is 23.6 Å². The second-order valence-electron chi connectivity index (χ2n) is 8.87. The third kappa shape index (κ3) is 12.7. The van der Waals surface area contributed by atoms with Crippen LogP contribution in [0, 0.1) is 0 Å². The van der Waals surface area contributed by atoms with E-state index in [9.17, 15) is 43.8 Å². The number of carbonyl (C=O) groups excluding carboxylic acids is 4. The van der Waals surface area contributed by atoms with Crippen LogP contribution in [0.25, 0.3) is 0 Å². The molecule has 0 saturated heterocycles. The van der Waals surface area contributed by atoms with Gasteiger partial charge < -0.3 is 47.8 Å². The highest BCUT2D eigenvalue weighted by Gasteiger charge is 2.31. The molecule has 0 spiro atoms. The van der Waals surface area contributed by atoms with E-state index in [-0.39, 0.29) is 31.4 Å². The molecule has 0 fully saturated rings. The Hall–Kier alpha value is -4.73. The molecule has 0 radical (unpaired) electrons. The Kier molecular flexibility index (Phi) is 13.6. The van der Waals surface area contributed by atoms with E-state index in [1.54, 1.807) is 0 Å². The molecule has 16 nitrogen and oxygen atoms in total. The highest BCUT2D eigenvalue weighted by Crippen LogP contribution is 2.12. The Morgan fingerprint density at radius 1 is 0.675 bits per heavy atom. The molecule has 4 unspecified atom stereocenters. The van der Waals surface area contributed by atoms with Gasteiger partial charge in [-0.05, 0) is 37.0 Å². The van der Waals surface area contributed by atoms with Crippen molar-refractivity contribution in [2.75, 3.05) is 0 Å². The average molecular weight is 568 g/mol. The lowest BCUT2D eigenvalue weighted by molar-refractivity contribution is -0.143. The highest BCUT2D eigenvalue weighted by molar-refractivity contribution is 5.94. The standard InChI is InChI=1S/C24H33N5O11/c25-14(5-9-19(32)33)21(36)29-17(11-12-1-3-13(30)4-2-12)23(38)27-15(7-10-20(34)35)22(37)28-16(24(39)40)6-8-18(26)31/h1-4,14-17,30H,5-11,25H2,(H2,26,31)(H,27,38)(H,28,37)(H,29,36)(H,32,33)(H,34,35)(H,39,40). The number of amides is 4. The lowest BCUT2D eigenvalue weighted by Crippen LogP contribution is -2.57. The minimum Gasteiger partial charge on any atom is -0.508 e. The number of carboxylic acid groups (broad SMARTS) is 3. The smallest absolute Gasteiger partial charge is 0.326 e. The first kappa shape index (κ1) is 33.3. The fourth-order valence-corrected chi connectivity index (χ4v) is 3.39. The Balaban J connectivity index is 3.16. The number of carboxylic acids is 3. The molecule has 16 heteroatoms. The van der Waals surface area contributed by atoms with Gasteiger partial charge in [0.25, 0.3) is 0 Å². The summed E-state index contributed by atoms with van der Waals surface area (Å²) in [5.41, 5.74) is 11.2. The van der Waals surface area contributed by atoms with Crippen molar-refractivity contribution in [2.24, 2.45) is 11.5 Å². The van der Waals surface area contributed by atoms with Crippen molar-refractivity contribution in [3.8, 4) is 5.75 Å². The predicted molar refractivity (Wildman–Crippen MR) is 135 cm³/mol. The number of phenolic OH excluding ortho intramolecular Hbond substituents is 1. The number of nitrogens with one attached hydrogen (secondary N) is 3. The van der Waals surface area contributed by atoms with Gasteiger partial charge >= 0.3 is 17.9 Å². The molecule has 1 aromatic rings. The highest BCUT2D eigenvalue weighted by atomic mass is 16.4. The minimum absolute atomic E-state index is 0.0702. The van der Waals surface area contributed by atoms with Crippen LogP contribution in [0.2, 0.25) is 0 Å². The van der Waals surface area contributed by atoms with Gasteiger partial charge in [-0.1, -0.05) is 12.1 Å². The van der Waals surface area contributed by atoms with Gasteiger partial charge in [-0.25, -0.2) is 4.79 Å². The van der Waals surface area contributed by atoms with Crippen LogP contribution in [0.5, 0.6) is 5.75 Å². The zero-order valence-corrected chi connectivity index (χ0v) is 21.4. The molecular weight excluding hydrogens is 534 g/mol. The summed E-state index contributed by atoms with van der Waals surface area (Å²) in [6, 6.07) is -0.244. The first-order chi connectivity index (χ1) is 18.7. The van der Waals surface area contributed by atoms with Crippen LogP contribution in [-0.4, -0.2) is 86.1 Å². The van der Waals surface area contributed by atoms with Crippen molar-refractivity contribution in [2.45, 2.75) is 69.1 Å². The Labute approximate surface area is 228 Å². The third-order valence-electron chi connectivity index (χ3n) is 5.59. The first-order valence-corrected chi connectivity index (χ1v) is 12.1. The zero-order chi connectivity index (χ0) is 30.4. The summed E-state index contributed by atoms with van der Waals surface area (Å²) in [5.74, 6) is -7.77. The molecule has 0 heterocycles. The van der Waals surface area contributed by atoms with Gasteiger partial charge in [0.05, 0.1) is 6.04 Å². The van der Waals surface area contributed by atoms with Crippen molar-refractivity contribution in [1.29, 1.82) is 0 Å². The number of rotatable bonds is 18. The quantitative estimate of drug-likeness (QED) is 0.0913. The molecule has 0 bridgehead atoms. The van der Waals surface area contributed by atoms with Crippen LogP contribution >= 0.6 is 0 Å². The lowest BCUT2D eigenvalue weighted by atomic mass is 10.0. The molecule has 40 heavy (non-hydrogen) atoms. The van der Waals surface area contributed by atoms with Gasteiger partial charge in [0.15, 0.2) is 0 Å². The molecule has 0 aliphatic rings. The average Bonchev–Trinajstić information content (AvgIpc) is 2.87. The molecule has 1 rings (SSSR count). The van der Waals surface area contributed by atoms with Crippen LogP contribution < -0.4 is 27.4 Å². The minimum atomic E-state index is -1.57. The van der Waals surface area contributed by atoms with Crippen molar-refractivity contribution >= 4 is 41.5 Å². The van der Waals surface area contributed by atoms with Crippen LogP contribution in [0.15, 0.2) is 24.3 Å². The fourth-order valence-electron chi connectivity index (χ4n) is 3.39. The van der Waals surface area contributed by atoms with Crippen molar-refractivity contribution in [1.82, 2.24) is 16.0 Å². The summed E-state index contributed by atoms with van der Waals surface area (Å²) in [5, 5.41) is 43.6. The molecule has 0 aromatic heterocycles. The lowest BCUT2D eigenvalue weighted by Gasteiger charge is -2.25. The second kappa shape index (κ2) is 16.3. The van der Waals surface area contributed by atoms with Gasteiger partial charge in [0.1, 0.15) is 23.9 Å². The maximum Gasteiger partial charge on any atom is 0.326 e. The number of hydrogen-bond donors (Lipinski definition) is 9. The van der Waals surface area contributed by atoms with E-state index in [1.165, 1.54) is 24.3 Å². The van der Waals surface area contributed by atoms with Gasteiger partial charge in [-0.3, -0.25) is 28.8 Å². The molecule has 4 amide bonds. The first-order valence-electron chi connectivity index (χ1n) is 12.1. The van der Waals surface area contributed by atoms with Crippen LogP contribution in [-0.2, 0) is 40.0 Å². The Morgan fingerprint density at radius 3 is 1.68 bits per heavy atom. The van der Waals surface area contributed by atoms with E-state index in [4.69, 9.17) is 21.7 Å². The summed E-state index contributed by atoms with van der Waals surface area (Å²) < 4.78 is 0. The maximum absolute atomic E-state index is 13.2. The molecule has 0 aliphatic carbocycles. The topological polar surface area (TPSA) is 289 Å². The Morgan fingerprint density at radius 2 is 1.15 bits per heavy atom. The van der Waals surface area contributed by atoms with Crippen LogP contribution in [0.4, 0.5) is 0 Å². The van der Waals surface area contributed by atoms with Crippen LogP contribution in [0.1, 0.15) is 44.1 Å². The number of aliphatic carboxylic acids is 3. The molecule has 0 aliphatic heterocycles. The van der Waals surface area contributed by atoms with E-state index in [2.05, 4.69) is 16.0 Å². The number of hydrogen-bond acceptors (Lipinski definition) is 9. The van der Waals surface area contributed by atoms with E-state index in [1.807, 2.05) is 0 Å². The van der Waals surface area contributed by atoms with Crippen LogP contribution in [0.3, 0.4) is 0 Å². The van der Waals surface area contributed by atoms with Gasteiger partial charge in [-0.15, -0.1) is 0 Å². The van der Waals surface area contributed by atoms with Crippen molar-refractivity contribution in [3.63, 3.8) is 0 Å². The second-order valence-corrected chi connectivity index (χ2v) is 8.87. The number of carbonyl (C=O) groups is 7. The number of benzene rings is 1. The van der Waals surface area contributed by atoms with E-state index < -0.39 is 85.0 Å². The maximum atomic E-state index is 13.2. The third-order valence-corrected chi connectivity index (χ3v) is 5.59. The molecule has 0 saturated carbocycles. The Bertz CT molecular complexity index is 1090. The van der Waals surface area contributed by atoms with E-state index in [0.29, 0.717) is 5.56 Å². The predicted octanol–water partition coefficient (Wildman–Crippen LogP) is -2.20. The summed E-state index contributed by atoms with van der Waals surface area (Å²) >= 11 is 0. The molecule has 1 aromatic carbocycles. The SMILES string of the molecule is NC(=O)CCC(NC(=O)C(CCC(=O)O)NC(=O)C(Cc1ccc(O)cc1)NC(=O)C(N)CCC(=O)O)C(=O)O. The largest absolute Gasteiger partial charge is 0.508 e. The number of nitrogens with two attached hydrogens (primary N) is 2. The zero-order valence-electron chi connectivity index (χ0n) is 21.4. The van der Waals surface area contributed by atoms with E-state index in [0.717, 1.165) is 0 Å². The molecular formula is C24H33N5O11. The fraction of sp³-hybridized carbons (Fsp3) is 0.458. The van der Waals surface area contributed by atoms with Gasteiger partial charge in [-0.2, -0.15) is 0 Å². The number of phenols is 1. The molecule has 4 atom stereocenters. The monoisotopic (exact) mass is 567 g/mol. The summed E-state index contributed by atoms with van der Waals surface area (Å²) in [7, 11) is 0. The molecule has 11 N–H and O–H groups in total. The normalized spacial score (nSPS) is 13.6. The molecule has 220 valence electrons. The van der Waals surface area contributed by atoms with Gasteiger partial charge in [0, 0.05) is 25.7 Å². The summed E-state index contributed by atoms with van der Waals surface area (Å²) in [6.07, 6.45) is -2.59. The van der Waals surface area contributed by atoms with E-state index >= 15 is 0 Å². The number of aromatic hydroxyl groups is 1. The van der Waals surface area contributed by atoms with Crippen molar-refractivity contribution < 1.29 is 54.0 Å². The van der Waals surface area contributed by atoms with Crippen molar-refractivity contribution in [3.05, 3.63) is 29.8 Å². The summed E-state index contributed by atoms with van der Waals surface area (Å²) in [4.78, 5) is 83.1. The summed E-state index contributed by atoms with van der Waals surface area (Å²) in [6.45, 7) is 0.